The van der Waals surface area contributed by atoms with Crippen molar-refractivity contribution < 1.29 is 9.59 Å². The van der Waals surface area contributed by atoms with Gasteiger partial charge in [0, 0.05) is 38.4 Å². The lowest BCUT2D eigenvalue weighted by Gasteiger charge is -2.39. The maximum Gasteiger partial charge on any atom is 0.230 e. The van der Waals surface area contributed by atoms with E-state index < -0.39 is 0 Å². The van der Waals surface area contributed by atoms with Gasteiger partial charge < -0.3 is 9.80 Å². The van der Waals surface area contributed by atoms with Crippen LogP contribution < -0.4 is 0 Å². The second kappa shape index (κ2) is 6.19. The van der Waals surface area contributed by atoms with Crippen LogP contribution in [0, 0.1) is 11.3 Å². The quantitative estimate of drug-likeness (QED) is 0.780. The fraction of sp³-hybridized carbons (Fsp3) is 0.875. The van der Waals surface area contributed by atoms with E-state index in [9.17, 15) is 9.59 Å². The van der Waals surface area contributed by atoms with Gasteiger partial charge in [0.15, 0.2) is 0 Å². The molecule has 3 rings (SSSR count). The number of piperidine rings is 1. The van der Waals surface area contributed by atoms with Crippen LogP contribution in [-0.4, -0.2) is 59.8 Å². The molecule has 0 aromatic carbocycles. The largest absolute Gasteiger partial charge is 0.342 e. The first-order chi connectivity index (χ1) is 10.1. The minimum atomic E-state index is -0.248. The smallest absolute Gasteiger partial charge is 0.230 e. The van der Waals surface area contributed by atoms with Gasteiger partial charge >= 0.3 is 0 Å². The van der Waals surface area contributed by atoms with Gasteiger partial charge in [0.05, 0.1) is 5.41 Å². The van der Waals surface area contributed by atoms with E-state index in [0.29, 0.717) is 18.9 Å². The standard InChI is InChI=1S/C16H26N2O2S/c1-21-10-5-14(19)18-9-7-16(12-18)6-2-8-17(15(16)20)11-13-3-4-13/h13H,2-12H2,1H3/t16-/m1/s1. The Morgan fingerprint density at radius 3 is 2.86 bits per heavy atom. The van der Waals surface area contributed by atoms with E-state index in [1.807, 2.05) is 11.2 Å². The van der Waals surface area contributed by atoms with Crippen molar-refractivity contribution in [2.45, 2.75) is 38.5 Å². The number of carbonyl (C=O) groups excluding carboxylic acids is 2. The normalized spacial score (nSPS) is 29.5. The van der Waals surface area contributed by atoms with Gasteiger partial charge in [-0.1, -0.05) is 0 Å². The third kappa shape index (κ3) is 3.22. The van der Waals surface area contributed by atoms with Crippen molar-refractivity contribution in [3.63, 3.8) is 0 Å². The fourth-order valence-electron chi connectivity index (χ4n) is 3.75. The van der Waals surface area contributed by atoms with Crippen molar-refractivity contribution in [3.8, 4) is 0 Å². The molecule has 0 unspecified atom stereocenters. The summed E-state index contributed by atoms with van der Waals surface area (Å²) >= 11 is 1.71. The number of likely N-dealkylation sites (tertiary alicyclic amines) is 2. The summed E-state index contributed by atoms with van der Waals surface area (Å²) < 4.78 is 0. The minimum absolute atomic E-state index is 0.230. The fourth-order valence-corrected chi connectivity index (χ4v) is 4.13. The number of nitrogens with zero attached hydrogens (tertiary/aromatic N) is 2. The molecule has 0 radical (unpaired) electrons. The molecule has 1 saturated carbocycles. The lowest BCUT2D eigenvalue weighted by molar-refractivity contribution is -0.146. The molecular formula is C16H26N2O2S. The van der Waals surface area contributed by atoms with Crippen molar-refractivity contribution >= 4 is 23.6 Å². The van der Waals surface area contributed by atoms with Crippen LogP contribution in [0.1, 0.15) is 38.5 Å². The molecule has 3 aliphatic rings. The summed E-state index contributed by atoms with van der Waals surface area (Å²) in [5, 5.41) is 0. The summed E-state index contributed by atoms with van der Waals surface area (Å²) in [6.45, 7) is 3.33. The van der Waals surface area contributed by atoms with Gasteiger partial charge in [-0.05, 0) is 44.3 Å². The Hall–Kier alpha value is -0.710. The Labute approximate surface area is 131 Å². The third-order valence-electron chi connectivity index (χ3n) is 5.23. The minimum Gasteiger partial charge on any atom is -0.342 e. The lowest BCUT2D eigenvalue weighted by Crippen LogP contribution is -2.50. The molecule has 2 aliphatic heterocycles. The molecule has 2 heterocycles. The van der Waals surface area contributed by atoms with Crippen LogP contribution in [0.4, 0.5) is 0 Å². The predicted molar refractivity (Wildman–Crippen MR) is 85.2 cm³/mol. The zero-order valence-corrected chi connectivity index (χ0v) is 13.8. The maximum absolute atomic E-state index is 12.9. The zero-order valence-electron chi connectivity index (χ0n) is 13.0. The van der Waals surface area contributed by atoms with Crippen molar-refractivity contribution in [1.29, 1.82) is 0 Å². The monoisotopic (exact) mass is 310 g/mol. The van der Waals surface area contributed by atoms with Gasteiger partial charge in [-0.15, -0.1) is 0 Å². The van der Waals surface area contributed by atoms with Gasteiger partial charge in [0.25, 0.3) is 0 Å². The van der Waals surface area contributed by atoms with Crippen molar-refractivity contribution in [2.75, 3.05) is 38.2 Å². The summed E-state index contributed by atoms with van der Waals surface area (Å²) in [6.07, 6.45) is 8.16. The van der Waals surface area contributed by atoms with Crippen LogP contribution >= 0.6 is 11.8 Å². The Balaban J connectivity index is 1.61. The van der Waals surface area contributed by atoms with Gasteiger partial charge in [-0.25, -0.2) is 0 Å². The summed E-state index contributed by atoms with van der Waals surface area (Å²) in [5.41, 5.74) is -0.248. The predicted octanol–water partition coefficient (Wildman–Crippen LogP) is 1.99. The van der Waals surface area contributed by atoms with Crippen molar-refractivity contribution in [1.82, 2.24) is 9.80 Å². The molecule has 118 valence electrons. The van der Waals surface area contributed by atoms with E-state index in [1.54, 1.807) is 11.8 Å². The van der Waals surface area contributed by atoms with Crippen LogP contribution in [0.2, 0.25) is 0 Å². The number of hydrogen-bond donors (Lipinski definition) is 0. The summed E-state index contributed by atoms with van der Waals surface area (Å²) in [6, 6.07) is 0. The molecule has 2 amide bonds. The first-order valence-corrected chi connectivity index (χ1v) is 9.60. The Morgan fingerprint density at radius 2 is 2.14 bits per heavy atom. The van der Waals surface area contributed by atoms with E-state index in [-0.39, 0.29) is 11.3 Å². The van der Waals surface area contributed by atoms with Gasteiger partial charge in [-0.3, -0.25) is 9.59 Å². The molecule has 0 bridgehead atoms. The molecule has 0 aromatic rings. The van der Waals surface area contributed by atoms with Gasteiger partial charge in [-0.2, -0.15) is 11.8 Å². The molecule has 4 nitrogen and oxygen atoms in total. The average Bonchev–Trinajstić information content (AvgIpc) is 3.20. The molecule has 0 N–H and O–H groups in total. The van der Waals surface area contributed by atoms with Crippen molar-refractivity contribution in [2.24, 2.45) is 11.3 Å². The lowest BCUT2D eigenvalue weighted by atomic mass is 9.78. The van der Waals surface area contributed by atoms with E-state index in [2.05, 4.69) is 4.90 Å². The highest BCUT2D eigenvalue weighted by molar-refractivity contribution is 7.98. The third-order valence-corrected chi connectivity index (χ3v) is 5.84. The van der Waals surface area contributed by atoms with Crippen molar-refractivity contribution in [3.05, 3.63) is 0 Å². The van der Waals surface area contributed by atoms with Crippen LogP contribution in [0.15, 0.2) is 0 Å². The summed E-state index contributed by atoms with van der Waals surface area (Å²) in [4.78, 5) is 29.1. The number of carbonyl (C=O) groups is 2. The SMILES string of the molecule is CSCCC(=O)N1CC[C@]2(CCCN(CC3CC3)C2=O)C1. The highest BCUT2D eigenvalue weighted by Crippen LogP contribution is 2.41. The Kier molecular flexibility index (Phi) is 4.48. The molecule has 1 spiro atoms. The van der Waals surface area contributed by atoms with E-state index >= 15 is 0 Å². The number of thioether (sulfide) groups is 1. The Morgan fingerprint density at radius 1 is 1.33 bits per heavy atom. The molecular weight excluding hydrogens is 284 g/mol. The molecule has 3 fully saturated rings. The molecule has 1 aliphatic carbocycles. The van der Waals surface area contributed by atoms with Crippen LogP contribution in [0.3, 0.4) is 0 Å². The molecule has 5 heteroatoms. The maximum atomic E-state index is 12.9. The van der Waals surface area contributed by atoms with E-state index in [1.165, 1.54) is 12.8 Å². The molecule has 21 heavy (non-hydrogen) atoms. The van der Waals surface area contributed by atoms with Crippen LogP contribution in [0.5, 0.6) is 0 Å². The first-order valence-electron chi connectivity index (χ1n) is 8.21. The van der Waals surface area contributed by atoms with E-state index in [4.69, 9.17) is 0 Å². The number of amides is 2. The zero-order chi connectivity index (χ0) is 14.9. The second-order valence-electron chi connectivity index (χ2n) is 6.89. The van der Waals surface area contributed by atoms with Crippen LogP contribution in [-0.2, 0) is 9.59 Å². The van der Waals surface area contributed by atoms with Gasteiger partial charge in [0.1, 0.15) is 0 Å². The Bertz CT molecular complexity index is 425. The molecule has 1 atom stereocenters. The van der Waals surface area contributed by atoms with E-state index in [0.717, 1.165) is 50.6 Å². The topological polar surface area (TPSA) is 40.6 Å². The number of hydrogen-bond acceptors (Lipinski definition) is 3. The first kappa shape index (κ1) is 15.2. The van der Waals surface area contributed by atoms with Gasteiger partial charge in [0.2, 0.25) is 11.8 Å². The highest BCUT2D eigenvalue weighted by atomic mass is 32.2. The highest BCUT2D eigenvalue weighted by Gasteiger charge is 2.49. The average molecular weight is 310 g/mol. The summed E-state index contributed by atoms with van der Waals surface area (Å²) in [7, 11) is 0. The second-order valence-corrected chi connectivity index (χ2v) is 7.87. The number of rotatable bonds is 5. The molecule has 2 saturated heterocycles. The summed E-state index contributed by atoms with van der Waals surface area (Å²) in [5.74, 6) is 2.20. The molecule has 0 aromatic heterocycles. The van der Waals surface area contributed by atoms with Crippen LogP contribution in [0.25, 0.3) is 0 Å².